The lowest BCUT2D eigenvalue weighted by atomic mass is 9.87. The van der Waals surface area contributed by atoms with Crippen LogP contribution in [0.15, 0.2) is 23.2 Å². The molecule has 2 rings (SSSR count). The largest absolute Gasteiger partial charge is 0.394 e. The molecule has 0 radical (unpaired) electrons. The molecule has 1 aromatic carbocycles. The van der Waals surface area contributed by atoms with Crippen LogP contribution in [0.5, 0.6) is 0 Å². The first-order chi connectivity index (χ1) is 8.90. The molecule has 0 saturated carbocycles. The van der Waals surface area contributed by atoms with Crippen LogP contribution >= 0.6 is 0 Å². The van der Waals surface area contributed by atoms with Crippen molar-refractivity contribution in [3.05, 3.63) is 34.9 Å². The van der Waals surface area contributed by atoms with E-state index in [1.165, 1.54) is 16.7 Å². The summed E-state index contributed by atoms with van der Waals surface area (Å²) in [5.74, 6) is 0. The zero-order valence-corrected chi connectivity index (χ0v) is 12.0. The number of aliphatic hydroxyl groups excluding tert-OH is 1. The standard InChI is InChI=1S/C16H23NO2/c1-11-14-6-4-5-12(7-8-16(2,3)19)15(14)9-13(10-18)17-11/h4-6,13,18-19H,7-10H2,1-3H3. The fourth-order valence-corrected chi connectivity index (χ4v) is 2.62. The minimum absolute atomic E-state index is 0.0178. The number of aliphatic hydroxyl groups is 2. The SMILES string of the molecule is CC1=NC(CO)Cc2c(CCC(C)(C)O)cccc21. The van der Waals surface area contributed by atoms with Gasteiger partial charge < -0.3 is 10.2 Å². The van der Waals surface area contributed by atoms with Crippen molar-refractivity contribution in [2.45, 2.75) is 51.7 Å². The van der Waals surface area contributed by atoms with Gasteiger partial charge in [-0.3, -0.25) is 4.99 Å². The lowest BCUT2D eigenvalue weighted by Gasteiger charge is -2.24. The van der Waals surface area contributed by atoms with Crippen molar-refractivity contribution in [1.82, 2.24) is 0 Å². The van der Waals surface area contributed by atoms with Gasteiger partial charge in [-0.05, 0) is 56.7 Å². The second-order valence-corrected chi connectivity index (χ2v) is 6.01. The first-order valence-corrected chi connectivity index (χ1v) is 6.89. The molecule has 1 aliphatic heterocycles. The topological polar surface area (TPSA) is 52.8 Å². The van der Waals surface area contributed by atoms with Crippen molar-refractivity contribution in [2.75, 3.05) is 6.61 Å². The van der Waals surface area contributed by atoms with Gasteiger partial charge in [-0.1, -0.05) is 18.2 Å². The lowest BCUT2D eigenvalue weighted by molar-refractivity contribution is 0.0713. The number of aryl methyl sites for hydroxylation is 1. The number of hydrogen-bond acceptors (Lipinski definition) is 3. The molecule has 0 fully saturated rings. The zero-order chi connectivity index (χ0) is 14.0. The molecular formula is C16H23NO2. The molecule has 1 heterocycles. The van der Waals surface area contributed by atoms with Gasteiger partial charge in [-0.15, -0.1) is 0 Å². The van der Waals surface area contributed by atoms with E-state index in [1.807, 2.05) is 20.8 Å². The minimum Gasteiger partial charge on any atom is -0.394 e. The highest BCUT2D eigenvalue weighted by Gasteiger charge is 2.21. The lowest BCUT2D eigenvalue weighted by Crippen LogP contribution is -2.25. The molecule has 19 heavy (non-hydrogen) atoms. The minimum atomic E-state index is -0.642. The van der Waals surface area contributed by atoms with Crippen LogP contribution in [0.3, 0.4) is 0 Å². The van der Waals surface area contributed by atoms with Crippen molar-refractivity contribution in [1.29, 1.82) is 0 Å². The summed E-state index contributed by atoms with van der Waals surface area (Å²) in [6, 6.07) is 6.25. The van der Waals surface area contributed by atoms with E-state index in [0.29, 0.717) is 0 Å². The maximum Gasteiger partial charge on any atom is 0.0774 e. The Bertz CT molecular complexity index is 486. The third kappa shape index (κ3) is 3.43. The van der Waals surface area contributed by atoms with Gasteiger partial charge in [0.25, 0.3) is 0 Å². The Balaban J connectivity index is 2.28. The fraction of sp³-hybridized carbons (Fsp3) is 0.562. The molecule has 0 aromatic heterocycles. The molecule has 0 aliphatic carbocycles. The highest BCUT2D eigenvalue weighted by atomic mass is 16.3. The summed E-state index contributed by atoms with van der Waals surface area (Å²) in [5.41, 5.74) is 4.12. The summed E-state index contributed by atoms with van der Waals surface area (Å²) in [5, 5.41) is 19.2. The molecular weight excluding hydrogens is 238 g/mol. The molecule has 1 aliphatic rings. The molecule has 1 aromatic rings. The second kappa shape index (κ2) is 5.43. The molecule has 104 valence electrons. The quantitative estimate of drug-likeness (QED) is 0.872. The Morgan fingerprint density at radius 3 is 2.74 bits per heavy atom. The Morgan fingerprint density at radius 2 is 2.11 bits per heavy atom. The predicted molar refractivity (Wildman–Crippen MR) is 77.8 cm³/mol. The molecule has 0 saturated heterocycles. The average Bonchev–Trinajstić information content (AvgIpc) is 2.35. The Labute approximate surface area is 115 Å². The summed E-state index contributed by atoms with van der Waals surface area (Å²) in [6.45, 7) is 5.77. The Morgan fingerprint density at radius 1 is 1.37 bits per heavy atom. The van der Waals surface area contributed by atoms with E-state index in [-0.39, 0.29) is 12.6 Å². The summed E-state index contributed by atoms with van der Waals surface area (Å²) >= 11 is 0. The first-order valence-electron chi connectivity index (χ1n) is 6.89. The van der Waals surface area contributed by atoms with Crippen LogP contribution in [-0.4, -0.2) is 34.2 Å². The maximum atomic E-state index is 9.87. The van der Waals surface area contributed by atoms with Crippen LogP contribution < -0.4 is 0 Å². The van der Waals surface area contributed by atoms with Crippen molar-refractivity contribution < 1.29 is 10.2 Å². The Hall–Kier alpha value is -1.19. The highest BCUT2D eigenvalue weighted by molar-refractivity contribution is 6.01. The number of rotatable bonds is 4. The summed E-state index contributed by atoms with van der Waals surface area (Å²) in [4.78, 5) is 4.51. The van der Waals surface area contributed by atoms with Gasteiger partial charge in [0.05, 0.1) is 18.2 Å². The van der Waals surface area contributed by atoms with Gasteiger partial charge in [0.2, 0.25) is 0 Å². The van der Waals surface area contributed by atoms with Gasteiger partial charge in [-0.25, -0.2) is 0 Å². The highest BCUT2D eigenvalue weighted by Crippen LogP contribution is 2.25. The van der Waals surface area contributed by atoms with Gasteiger partial charge >= 0.3 is 0 Å². The molecule has 3 heteroatoms. The van der Waals surface area contributed by atoms with Crippen LogP contribution in [0.4, 0.5) is 0 Å². The maximum absolute atomic E-state index is 9.87. The number of hydrogen-bond donors (Lipinski definition) is 2. The van der Waals surface area contributed by atoms with Crippen LogP contribution in [0.1, 0.15) is 43.9 Å². The van der Waals surface area contributed by atoms with Crippen LogP contribution in [0.2, 0.25) is 0 Å². The van der Waals surface area contributed by atoms with Gasteiger partial charge in [-0.2, -0.15) is 0 Å². The van der Waals surface area contributed by atoms with Crippen LogP contribution in [0.25, 0.3) is 0 Å². The summed E-state index contributed by atoms with van der Waals surface area (Å²) in [6.07, 6.45) is 2.40. The second-order valence-electron chi connectivity index (χ2n) is 6.01. The normalized spacial score (nSPS) is 19.0. The molecule has 1 unspecified atom stereocenters. The monoisotopic (exact) mass is 261 g/mol. The molecule has 2 N–H and O–H groups in total. The van der Waals surface area contributed by atoms with Gasteiger partial charge in [0.1, 0.15) is 0 Å². The molecule has 1 atom stereocenters. The van der Waals surface area contributed by atoms with Crippen molar-refractivity contribution in [3.63, 3.8) is 0 Å². The smallest absolute Gasteiger partial charge is 0.0774 e. The van der Waals surface area contributed by atoms with Crippen molar-refractivity contribution in [3.8, 4) is 0 Å². The average molecular weight is 261 g/mol. The van der Waals surface area contributed by atoms with E-state index in [0.717, 1.165) is 25.0 Å². The van der Waals surface area contributed by atoms with Crippen LogP contribution in [-0.2, 0) is 12.8 Å². The van der Waals surface area contributed by atoms with Gasteiger partial charge in [0, 0.05) is 5.71 Å². The zero-order valence-electron chi connectivity index (χ0n) is 12.0. The third-order valence-electron chi connectivity index (χ3n) is 3.70. The number of fused-ring (bicyclic) bond motifs is 1. The van der Waals surface area contributed by atoms with E-state index in [2.05, 4.69) is 23.2 Å². The van der Waals surface area contributed by atoms with E-state index >= 15 is 0 Å². The van der Waals surface area contributed by atoms with Gasteiger partial charge in [0.15, 0.2) is 0 Å². The predicted octanol–water partition coefficient (Wildman–Crippen LogP) is 2.12. The molecule has 0 amide bonds. The third-order valence-corrected chi connectivity index (χ3v) is 3.70. The van der Waals surface area contributed by atoms with Crippen LogP contribution in [0, 0.1) is 0 Å². The first kappa shape index (κ1) is 14.2. The summed E-state index contributed by atoms with van der Waals surface area (Å²) < 4.78 is 0. The van der Waals surface area contributed by atoms with E-state index in [9.17, 15) is 10.2 Å². The van der Waals surface area contributed by atoms with Crippen molar-refractivity contribution in [2.24, 2.45) is 4.99 Å². The molecule has 0 bridgehead atoms. The number of nitrogens with zero attached hydrogens (tertiary/aromatic N) is 1. The number of aliphatic imine (C=N–C) groups is 1. The molecule has 0 spiro atoms. The van der Waals surface area contributed by atoms with E-state index in [1.54, 1.807) is 0 Å². The van der Waals surface area contributed by atoms with E-state index < -0.39 is 5.60 Å². The Kier molecular flexibility index (Phi) is 4.07. The summed E-state index contributed by atoms with van der Waals surface area (Å²) in [7, 11) is 0. The number of benzene rings is 1. The van der Waals surface area contributed by atoms with E-state index in [4.69, 9.17) is 0 Å². The van der Waals surface area contributed by atoms with Crippen molar-refractivity contribution >= 4 is 5.71 Å². The fourth-order valence-electron chi connectivity index (χ4n) is 2.62. The molecule has 3 nitrogen and oxygen atoms in total.